The Morgan fingerprint density at radius 3 is 2.11 bits per heavy atom. The van der Waals surface area contributed by atoms with Crippen LogP contribution < -0.4 is 19.7 Å². The van der Waals surface area contributed by atoms with E-state index in [0.717, 1.165) is 5.56 Å². The maximum atomic E-state index is 13.5. The van der Waals surface area contributed by atoms with Gasteiger partial charge in [0.05, 0.1) is 26.3 Å². The zero-order chi connectivity index (χ0) is 24.8. The summed E-state index contributed by atoms with van der Waals surface area (Å²) >= 11 is 5.74. The summed E-state index contributed by atoms with van der Waals surface area (Å²) < 4.78 is 10.4. The van der Waals surface area contributed by atoms with Gasteiger partial charge in [0.25, 0.3) is 5.91 Å². The quantitative estimate of drug-likeness (QED) is 0.453. The number of nitrogens with zero attached hydrogens (tertiary/aromatic N) is 2. The number of hydrogen-bond acceptors (Lipinski definition) is 5. The summed E-state index contributed by atoms with van der Waals surface area (Å²) in [7, 11) is 3.17. The number of anilines is 2. The summed E-state index contributed by atoms with van der Waals surface area (Å²) in [6.07, 6.45) is 0.674. The molecule has 0 radical (unpaired) electrons. The number of ether oxygens (including phenoxy) is 2. The topological polar surface area (TPSA) is 71.1 Å². The lowest BCUT2D eigenvalue weighted by Gasteiger charge is -2.24. The minimum absolute atomic E-state index is 0.0214. The molecule has 180 valence electrons. The van der Waals surface area contributed by atoms with Gasteiger partial charge in [0.15, 0.2) is 5.11 Å². The minimum Gasteiger partial charge on any atom is -0.497 e. The number of thiocarbonyl (C=S) groups is 1. The minimum atomic E-state index is -0.702. The molecule has 0 unspecified atom stereocenters. The molecule has 7 nitrogen and oxygen atoms in total. The van der Waals surface area contributed by atoms with Crippen LogP contribution in [0.5, 0.6) is 11.5 Å². The van der Waals surface area contributed by atoms with Gasteiger partial charge in [-0.05, 0) is 72.7 Å². The summed E-state index contributed by atoms with van der Waals surface area (Å²) in [6.45, 7) is 0.516. The summed E-state index contributed by atoms with van der Waals surface area (Å²) in [5, 5.41) is 3.26. The van der Waals surface area contributed by atoms with Gasteiger partial charge in [-0.2, -0.15) is 0 Å². The maximum Gasteiger partial charge on any atom is 0.256 e. The van der Waals surface area contributed by atoms with Crippen LogP contribution in [-0.2, 0) is 16.0 Å². The molecular formula is C27H27N3O4S. The van der Waals surface area contributed by atoms with Crippen LogP contribution in [0, 0.1) is 0 Å². The van der Waals surface area contributed by atoms with E-state index >= 15 is 0 Å². The number of rotatable bonds is 9. The van der Waals surface area contributed by atoms with E-state index in [0.29, 0.717) is 41.0 Å². The average Bonchev–Trinajstić information content (AvgIpc) is 3.12. The lowest BCUT2D eigenvalue weighted by molar-refractivity contribution is -0.124. The van der Waals surface area contributed by atoms with Gasteiger partial charge < -0.3 is 19.7 Å². The molecule has 1 aliphatic heterocycles. The van der Waals surface area contributed by atoms with Gasteiger partial charge in [0.2, 0.25) is 5.91 Å². The van der Waals surface area contributed by atoms with Crippen LogP contribution in [0.25, 0.3) is 0 Å². The van der Waals surface area contributed by atoms with Crippen molar-refractivity contribution in [2.24, 2.45) is 0 Å². The molecule has 1 atom stereocenters. The number of benzene rings is 3. The molecule has 1 saturated heterocycles. The van der Waals surface area contributed by atoms with Crippen molar-refractivity contribution in [1.29, 1.82) is 0 Å². The number of hydrogen-bond donors (Lipinski definition) is 1. The van der Waals surface area contributed by atoms with Gasteiger partial charge in [-0.3, -0.25) is 14.5 Å². The predicted octanol–water partition coefficient (Wildman–Crippen LogP) is 4.28. The number of methoxy groups -OCH3 is 2. The Balaban J connectivity index is 1.54. The van der Waals surface area contributed by atoms with Crippen molar-refractivity contribution in [3.63, 3.8) is 0 Å². The van der Waals surface area contributed by atoms with Crippen LogP contribution in [0.1, 0.15) is 12.0 Å². The molecule has 0 bridgehead atoms. The second kappa shape index (κ2) is 11.0. The van der Waals surface area contributed by atoms with Crippen molar-refractivity contribution < 1.29 is 19.1 Å². The Morgan fingerprint density at radius 1 is 0.914 bits per heavy atom. The fraction of sp³-hybridized carbons (Fsp3) is 0.222. The molecule has 1 N–H and O–H groups in total. The summed E-state index contributed by atoms with van der Waals surface area (Å²) in [5.41, 5.74) is 2.40. The molecule has 35 heavy (non-hydrogen) atoms. The van der Waals surface area contributed by atoms with E-state index in [4.69, 9.17) is 21.7 Å². The van der Waals surface area contributed by atoms with Crippen LogP contribution in [0.2, 0.25) is 0 Å². The lowest BCUT2D eigenvalue weighted by Crippen LogP contribution is -2.39. The normalized spacial score (nSPS) is 15.3. The number of carbonyl (C=O) groups excluding carboxylic acids is 2. The first-order valence-electron chi connectivity index (χ1n) is 11.3. The van der Waals surface area contributed by atoms with Gasteiger partial charge in [-0.25, -0.2) is 0 Å². The highest BCUT2D eigenvalue weighted by Crippen LogP contribution is 2.29. The summed E-state index contributed by atoms with van der Waals surface area (Å²) in [6, 6.07) is 23.5. The number of carbonyl (C=O) groups is 2. The molecule has 0 aromatic heterocycles. The third-order valence-corrected chi connectivity index (χ3v) is 6.30. The van der Waals surface area contributed by atoms with E-state index in [1.807, 2.05) is 35.2 Å². The Labute approximate surface area is 210 Å². The largest absolute Gasteiger partial charge is 0.497 e. The Kier molecular flexibility index (Phi) is 7.62. The Bertz CT molecular complexity index is 1180. The van der Waals surface area contributed by atoms with Crippen molar-refractivity contribution in [3.05, 3.63) is 84.4 Å². The van der Waals surface area contributed by atoms with E-state index < -0.39 is 6.04 Å². The fourth-order valence-electron chi connectivity index (χ4n) is 4.01. The second-order valence-corrected chi connectivity index (χ2v) is 8.44. The SMILES string of the molecule is COc1ccc(NC(=O)C[C@H]2C(=O)N(c3ccc(OC)cc3)C(=S)N2CCc2ccccc2)cc1. The van der Waals surface area contributed by atoms with Gasteiger partial charge in [-0.15, -0.1) is 0 Å². The maximum absolute atomic E-state index is 13.5. The molecule has 3 aromatic carbocycles. The second-order valence-electron chi connectivity index (χ2n) is 8.08. The zero-order valence-electron chi connectivity index (χ0n) is 19.6. The highest BCUT2D eigenvalue weighted by atomic mass is 32.1. The molecule has 2 amide bonds. The Morgan fingerprint density at radius 2 is 1.51 bits per heavy atom. The van der Waals surface area contributed by atoms with Crippen molar-refractivity contribution in [2.75, 3.05) is 31.0 Å². The highest BCUT2D eigenvalue weighted by molar-refractivity contribution is 7.80. The molecule has 0 saturated carbocycles. The zero-order valence-corrected chi connectivity index (χ0v) is 20.5. The van der Waals surface area contributed by atoms with E-state index in [1.54, 1.807) is 62.8 Å². The van der Waals surface area contributed by atoms with Gasteiger partial charge in [0.1, 0.15) is 17.5 Å². The smallest absolute Gasteiger partial charge is 0.256 e. The van der Waals surface area contributed by atoms with Crippen LogP contribution in [0.3, 0.4) is 0 Å². The standard InChI is InChI=1S/C27H27N3O4S/c1-33-22-12-8-20(9-13-22)28-25(31)18-24-26(32)30(21-10-14-23(34-2)15-11-21)27(35)29(24)17-16-19-6-4-3-5-7-19/h3-15,24H,16-18H2,1-2H3,(H,28,31)/t24-/m0/s1. The van der Waals surface area contributed by atoms with Crippen LogP contribution in [0.15, 0.2) is 78.9 Å². The molecule has 1 fully saturated rings. The van der Waals surface area contributed by atoms with Crippen molar-refractivity contribution in [3.8, 4) is 11.5 Å². The molecule has 0 aliphatic carbocycles. The average molecular weight is 490 g/mol. The van der Waals surface area contributed by atoms with Crippen LogP contribution in [0.4, 0.5) is 11.4 Å². The molecule has 4 rings (SSSR count). The first kappa shape index (κ1) is 24.2. The third-order valence-electron chi connectivity index (χ3n) is 5.89. The van der Waals surface area contributed by atoms with Crippen molar-refractivity contribution >= 4 is 40.5 Å². The van der Waals surface area contributed by atoms with Crippen molar-refractivity contribution in [2.45, 2.75) is 18.9 Å². The number of nitrogens with one attached hydrogen (secondary N) is 1. The van der Waals surface area contributed by atoms with Crippen molar-refractivity contribution in [1.82, 2.24) is 4.90 Å². The first-order chi connectivity index (χ1) is 17.0. The van der Waals surface area contributed by atoms with E-state index in [1.165, 1.54) is 4.90 Å². The Hall–Kier alpha value is -3.91. The molecular weight excluding hydrogens is 462 g/mol. The molecule has 0 spiro atoms. The predicted molar refractivity (Wildman–Crippen MR) is 140 cm³/mol. The first-order valence-corrected chi connectivity index (χ1v) is 11.7. The fourth-order valence-corrected chi connectivity index (χ4v) is 4.43. The molecule has 1 aliphatic rings. The van der Waals surface area contributed by atoms with E-state index in [9.17, 15) is 9.59 Å². The van der Waals surface area contributed by atoms with Gasteiger partial charge >= 0.3 is 0 Å². The molecule has 1 heterocycles. The van der Waals surface area contributed by atoms with Gasteiger partial charge in [-0.1, -0.05) is 30.3 Å². The van der Waals surface area contributed by atoms with Gasteiger partial charge in [0, 0.05) is 12.2 Å². The monoisotopic (exact) mass is 489 g/mol. The summed E-state index contributed by atoms with van der Waals surface area (Å²) in [5.74, 6) is 0.889. The molecule has 3 aromatic rings. The van der Waals surface area contributed by atoms with Crippen LogP contribution in [-0.4, -0.2) is 48.6 Å². The summed E-state index contributed by atoms with van der Waals surface area (Å²) in [4.78, 5) is 29.8. The van der Waals surface area contributed by atoms with E-state index in [-0.39, 0.29) is 18.2 Å². The number of amides is 2. The van der Waals surface area contributed by atoms with Crippen LogP contribution >= 0.6 is 12.2 Å². The lowest BCUT2D eigenvalue weighted by atomic mass is 10.1. The molecule has 8 heteroatoms. The van der Waals surface area contributed by atoms with E-state index in [2.05, 4.69) is 5.32 Å². The highest BCUT2D eigenvalue weighted by Gasteiger charge is 2.43. The third kappa shape index (κ3) is 5.60.